The van der Waals surface area contributed by atoms with Crippen LogP contribution in [-0.2, 0) is 10.8 Å². The SMILES string of the molecule is CC(C)(C)c1ccc(N(c2cccc(N3c4cccc(c4)Sc4cccc(c4)N(c4ccc(C(C)(C)C)cc4-c4ccccc4)c4cccc3c4)c2Cl)c2cn(-c3ccccc3)c3ccccc23)cc1. The Kier molecular flexibility index (Phi) is 11.7. The van der Waals surface area contributed by atoms with E-state index in [4.69, 9.17) is 11.6 Å². The van der Waals surface area contributed by atoms with Crippen molar-refractivity contribution in [3.05, 3.63) is 241 Å². The van der Waals surface area contributed by atoms with E-state index in [1.807, 2.05) is 0 Å². The number of halogens is 1. The number of rotatable bonds is 7. The van der Waals surface area contributed by atoms with Crippen LogP contribution in [0, 0.1) is 0 Å². The first-order valence-corrected chi connectivity index (χ1v) is 25.2. The molecule has 0 saturated carbocycles. The van der Waals surface area contributed by atoms with Crippen LogP contribution in [0.3, 0.4) is 0 Å². The Hall–Kier alpha value is -7.44. The fourth-order valence-electron chi connectivity index (χ4n) is 9.69. The van der Waals surface area contributed by atoms with Crippen LogP contribution in [0.25, 0.3) is 27.7 Å². The van der Waals surface area contributed by atoms with E-state index >= 15 is 0 Å². The van der Waals surface area contributed by atoms with Crippen molar-refractivity contribution >= 4 is 85.5 Å². The molecule has 6 heteroatoms. The molecule has 0 aliphatic carbocycles. The topological polar surface area (TPSA) is 14.7 Å². The summed E-state index contributed by atoms with van der Waals surface area (Å²) in [5.74, 6) is 0. The van der Waals surface area contributed by atoms with E-state index in [0.29, 0.717) is 5.02 Å². The second-order valence-corrected chi connectivity index (χ2v) is 21.6. The zero-order valence-corrected chi connectivity index (χ0v) is 42.0. The lowest BCUT2D eigenvalue weighted by atomic mass is 9.84. The highest BCUT2D eigenvalue weighted by molar-refractivity contribution is 7.99. The molecular weight excluding hydrogens is 892 g/mol. The number of hydrogen-bond donors (Lipinski definition) is 0. The Bertz CT molecular complexity index is 3510. The first kappa shape index (κ1) is 45.0. The highest BCUT2D eigenvalue weighted by Gasteiger charge is 2.28. The molecule has 1 aromatic heterocycles. The van der Waals surface area contributed by atoms with Crippen LogP contribution in [0.4, 0.5) is 51.2 Å². The maximum Gasteiger partial charge on any atom is 0.0887 e. The lowest BCUT2D eigenvalue weighted by molar-refractivity contribution is 0.590. The maximum atomic E-state index is 8.07. The van der Waals surface area contributed by atoms with Gasteiger partial charge in [-0.25, -0.2) is 0 Å². The van der Waals surface area contributed by atoms with Gasteiger partial charge in [0.05, 0.1) is 33.3 Å². The minimum atomic E-state index is -0.0359. The molecule has 0 unspecified atom stereocenters. The summed E-state index contributed by atoms with van der Waals surface area (Å²) in [6.07, 6.45) is 2.25. The lowest BCUT2D eigenvalue weighted by Gasteiger charge is -2.33. The smallest absolute Gasteiger partial charge is 0.0887 e. The van der Waals surface area contributed by atoms with Crippen molar-refractivity contribution in [2.24, 2.45) is 0 Å². The van der Waals surface area contributed by atoms with E-state index in [0.717, 1.165) is 77.6 Å². The van der Waals surface area contributed by atoms with Gasteiger partial charge in [0.25, 0.3) is 0 Å². The number of nitrogens with zero attached hydrogens (tertiary/aromatic N) is 4. The predicted octanol–water partition coefficient (Wildman–Crippen LogP) is 19.4. The molecule has 0 spiro atoms. The fraction of sp³-hybridized carbons (Fsp3) is 0.125. The fourth-order valence-corrected chi connectivity index (χ4v) is 10.9. The molecule has 1 aliphatic heterocycles. The van der Waals surface area contributed by atoms with E-state index < -0.39 is 0 Å². The van der Waals surface area contributed by atoms with Gasteiger partial charge in [-0.15, -0.1) is 0 Å². The molecule has 0 atom stereocenters. The molecule has 70 heavy (non-hydrogen) atoms. The first-order chi connectivity index (χ1) is 33.9. The Morgan fingerprint density at radius 1 is 0.429 bits per heavy atom. The van der Waals surface area contributed by atoms with Gasteiger partial charge in [0.1, 0.15) is 0 Å². The van der Waals surface area contributed by atoms with E-state index in [2.05, 4.69) is 285 Å². The lowest BCUT2D eigenvalue weighted by Crippen LogP contribution is -2.17. The van der Waals surface area contributed by atoms with Gasteiger partial charge < -0.3 is 19.3 Å². The van der Waals surface area contributed by atoms with Crippen molar-refractivity contribution < 1.29 is 0 Å². The first-order valence-electron chi connectivity index (χ1n) is 24.0. The van der Waals surface area contributed by atoms with Crippen molar-refractivity contribution in [2.45, 2.75) is 62.2 Å². The quantitative estimate of drug-likeness (QED) is 0.158. The minimum absolute atomic E-state index is 0.0107. The molecule has 0 N–H and O–H groups in total. The molecule has 0 fully saturated rings. The standard InChI is InChI=1S/C64H55ClN4S/c1-63(2,3)45-33-36-48(37-34-45)69(61-43-66(47-21-11-8-12-22-47)57-30-14-13-29-55(57)61)60-32-18-31-59(62(60)65)68-50-24-15-23-49(40-50)67(51-25-16-27-53(41-51)70-54-28-17-26-52(68)42-54)58-38-35-46(64(4,5)6)39-56(58)44-19-9-7-10-20-44/h7-43H,1-6H3. The Balaban J connectivity index is 1.13. The zero-order valence-electron chi connectivity index (χ0n) is 40.4. The van der Waals surface area contributed by atoms with Crippen LogP contribution in [0.2, 0.25) is 5.02 Å². The van der Waals surface area contributed by atoms with Crippen molar-refractivity contribution in [1.82, 2.24) is 4.57 Å². The third-order valence-corrected chi connectivity index (χ3v) is 14.7. The van der Waals surface area contributed by atoms with Crippen LogP contribution in [0.15, 0.2) is 234 Å². The largest absolute Gasteiger partial charge is 0.314 e. The molecule has 344 valence electrons. The van der Waals surface area contributed by atoms with Crippen LogP contribution < -0.4 is 14.7 Å². The zero-order chi connectivity index (χ0) is 48.1. The van der Waals surface area contributed by atoms with Crippen molar-refractivity contribution in [1.29, 1.82) is 0 Å². The summed E-state index contributed by atoms with van der Waals surface area (Å²) < 4.78 is 2.28. The number of para-hydroxylation sites is 2. The molecule has 0 saturated heterocycles. The van der Waals surface area contributed by atoms with Crippen LogP contribution in [0.5, 0.6) is 0 Å². The number of benzene rings is 9. The number of anilines is 9. The van der Waals surface area contributed by atoms with Gasteiger partial charge in [-0.1, -0.05) is 174 Å². The molecule has 9 aromatic carbocycles. The number of aromatic nitrogens is 1. The molecule has 0 radical (unpaired) electrons. The van der Waals surface area contributed by atoms with E-state index in [-0.39, 0.29) is 10.8 Å². The second-order valence-electron chi connectivity index (χ2n) is 20.1. The van der Waals surface area contributed by atoms with Gasteiger partial charge in [-0.05, 0) is 137 Å². The van der Waals surface area contributed by atoms with Crippen molar-refractivity contribution in [2.75, 3.05) is 14.7 Å². The van der Waals surface area contributed by atoms with E-state index in [9.17, 15) is 0 Å². The molecule has 6 bridgehead atoms. The third-order valence-electron chi connectivity index (χ3n) is 13.3. The highest BCUT2D eigenvalue weighted by Crippen LogP contribution is 2.51. The monoisotopic (exact) mass is 946 g/mol. The number of hydrogen-bond acceptors (Lipinski definition) is 4. The third kappa shape index (κ3) is 8.54. The van der Waals surface area contributed by atoms with E-state index in [1.165, 1.54) is 22.3 Å². The van der Waals surface area contributed by atoms with Crippen molar-refractivity contribution in [3.8, 4) is 16.8 Å². The van der Waals surface area contributed by atoms with Gasteiger partial charge in [0.2, 0.25) is 0 Å². The van der Waals surface area contributed by atoms with Gasteiger partial charge in [-0.3, -0.25) is 0 Å². The highest BCUT2D eigenvalue weighted by atomic mass is 35.5. The molecule has 10 aromatic rings. The molecule has 0 amide bonds. The van der Waals surface area contributed by atoms with Crippen molar-refractivity contribution in [3.63, 3.8) is 0 Å². The predicted molar refractivity (Wildman–Crippen MR) is 299 cm³/mol. The Morgan fingerprint density at radius 3 is 1.60 bits per heavy atom. The van der Waals surface area contributed by atoms with Gasteiger partial charge >= 0.3 is 0 Å². The maximum absolute atomic E-state index is 8.07. The van der Waals surface area contributed by atoms with Crippen LogP contribution >= 0.6 is 23.4 Å². The number of fused-ring (bicyclic) bond motifs is 7. The molecule has 11 rings (SSSR count). The van der Waals surface area contributed by atoms with Crippen LogP contribution in [0.1, 0.15) is 52.7 Å². The normalized spacial score (nSPS) is 12.7. The molecule has 4 nitrogen and oxygen atoms in total. The van der Waals surface area contributed by atoms with Gasteiger partial charge in [-0.2, -0.15) is 0 Å². The van der Waals surface area contributed by atoms with Gasteiger partial charge in [0.15, 0.2) is 0 Å². The summed E-state index contributed by atoms with van der Waals surface area (Å²) in [6, 6.07) is 79.0. The summed E-state index contributed by atoms with van der Waals surface area (Å²) in [5.41, 5.74) is 16.0. The molecular formula is C64H55ClN4S. The summed E-state index contributed by atoms with van der Waals surface area (Å²) in [6.45, 7) is 13.6. The molecule has 1 aliphatic rings. The second kappa shape index (κ2) is 18.1. The average molecular weight is 948 g/mol. The summed E-state index contributed by atoms with van der Waals surface area (Å²) in [4.78, 5) is 9.35. The van der Waals surface area contributed by atoms with Gasteiger partial charge in [0, 0.05) is 61.1 Å². The van der Waals surface area contributed by atoms with Crippen LogP contribution in [-0.4, -0.2) is 4.57 Å². The minimum Gasteiger partial charge on any atom is -0.314 e. The Labute approximate surface area is 422 Å². The van der Waals surface area contributed by atoms with E-state index in [1.54, 1.807) is 11.8 Å². The molecule has 2 heterocycles. The summed E-state index contributed by atoms with van der Waals surface area (Å²) in [7, 11) is 0. The Morgan fingerprint density at radius 2 is 0.957 bits per heavy atom. The summed E-state index contributed by atoms with van der Waals surface area (Å²) in [5, 5.41) is 1.74. The average Bonchev–Trinajstić information content (AvgIpc) is 3.75. The summed E-state index contributed by atoms with van der Waals surface area (Å²) >= 11 is 9.84.